The Morgan fingerprint density at radius 2 is 1.79 bits per heavy atom. The average Bonchev–Trinajstić information content (AvgIpc) is 2.19. The van der Waals surface area contributed by atoms with Crippen molar-refractivity contribution in [1.29, 1.82) is 0 Å². The Morgan fingerprint density at radius 1 is 1.14 bits per heavy atom. The first-order chi connectivity index (χ1) is 6.61. The molecule has 0 unspecified atom stereocenters. The summed E-state index contributed by atoms with van der Waals surface area (Å²) in [5.41, 5.74) is 0. The highest BCUT2D eigenvalue weighted by Crippen LogP contribution is 2.19. The molecule has 0 bridgehead atoms. The van der Waals surface area contributed by atoms with Crippen LogP contribution in [0.3, 0.4) is 0 Å². The SMILES string of the molecule is CCN[C@@H]1O[C@H](CO)[C@@H](O)[C@H](O)[C@H]1O. The summed E-state index contributed by atoms with van der Waals surface area (Å²) in [6.45, 7) is 1.98. The number of likely N-dealkylation sites (N-methyl/N-ethyl adjacent to an activating group) is 1. The van der Waals surface area contributed by atoms with Gasteiger partial charge in [0, 0.05) is 0 Å². The van der Waals surface area contributed by atoms with Gasteiger partial charge in [0.05, 0.1) is 6.61 Å². The van der Waals surface area contributed by atoms with Crippen molar-refractivity contribution in [2.45, 2.75) is 37.6 Å². The van der Waals surface area contributed by atoms with Crippen molar-refractivity contribution in [3.63, 3.8) is 0 Å². The largest absolute Gasteiger partial charge is 0.394 e. The van der Waals surface area contributed by atoms with E-state index in [0.717, 1.165) is 0 Å². The van der Waals surface area contributed by atoms with E-state index in [0.29, 0.717) is 6.54 Å². The Morgan fingerprint density at radius 3 is 2.29 bits per heavy atom. The van der Waals surface area contributed by atoms with E-state index < -0.39 is 37.3 Å². The normalized spacial score (nSPS) is 43.9. The van der Waals surface area contributed by atoms with Crippen molar-refractivity contribution in [3.05, 3.63) is 0 Å². The molecule has 0 spiro atoms. The Labute approximate surface area is 82.1 Å². The number of hydrogen-bond donors (Lipinski definition) is 5. The van der Waals surface area contributed by atoms with Crippen LogP contribution in [0, 0.1) is 0 Å². The smallest absolute Gasteiger partial charge is 0.137 e. The van der Waals surface area contributed by atoms with Gasteiger partial charge in [-0.25, -0.2) is 0 Å². The molecule has 1 aliphatic heterocycles. The van der Waals surface area contributed by atoms with E-state index in [1.165, 1.54) is 0 Å². The molecule has 14 heavy (non-hydrogen) atoms. The highest BCUT2D eigenvalue weighted by atomic mass is 16.6. The van der Waals surface area contributed by atoms with Crippen molar-refractivity contribution in [1.82, 2.24) is 5.32 Å². The number of rotatable bonds is 3. The predicted octanol–water partition coefficient (Wildman–Crippen LogP) is -2.60. The van der Waals surface area contributed by atoms with Crippen molar-refractivity contribution in [3.8, 4) is 0 Å². The molecule has 0 radical (unpaired) electrons. The molecule has 5 atom stereocenters. The molecule has 1 fully saturated rings. The molecule has 1 rings (SSSR count). The van der Waals surface area contributed by atoms with Gasteiger partial charge in [0.1, 0.15) is 30.6 Å². The Kier molecular flexibility index (Phi) is 4.24. The molecule has 6 nitrogen and oxygen atoms in total. The van der Waals surface area contributed by atoms with Crippen LogP contribution in [0.15, 0.2) is 0 Å². The molecule has 1 heterocycles. The fraction of sp³-hybridized carbons (Fsp3) is 1.00. The van der Waals surface area contributed by atoms with Gasteiger partial charge >= 0.3 is 0 Å². The lowest BCUT2D eigenvalue weighted by Gasteiger charge is -2.40. The van der Waals surface area contributed by atoms with E-state index in [-0.39, 0.29) is 0 Å². The summed E-state index contributed by atoms with van der Waals surface area (Å²) in [6, 6.07) is 0. The molecule has 6 heteroatoms. The molecule has 5 N–H and O–H groups in total. The molecule has 1 saturated heterocycles. The number of hydrogen-bond acceptors (Lipinski definition) is 6. The second-order valence-corrected chi connectivity index (χ2v) is 3.31. The molecule has 0 amide bonds. The van der Waals surface area contributed by atoms with Crippen molar-refractivity contribution in [2.75, 3.05) is 13.2 Å². The summed E-state index contributed by atoms with van der Waals surface area (Å²) < 4.78 is 5.15. The van der Waals surface area contributed by atoms with Crippen LogP contribution in [0.25, 0.3) is 0 Å². The second-order valence-electron chi connectivity index (χ2n) is 3.31. The van der Waals surface area contributed by atoms with Gasteiger partial charge in [-0.1, -0.05) is 6.92 Å². The van der Waals surface area contributed by atoms with E-state index in [9.17, 15) is 15.3 Å². The maximum atomic E-state index is 9.47. The predicted molar refractivity (Wildman–Crippen MR) is 47.4 cm³/mol. The van der Waals surface area contributed by atoms with Gasteiger partial charge < -0.3 is 25.2 Å². The first-order valence-electron chi connectivity index (χ1n) is 4.65. The van der Waals surface area contributed by atoms with Gasteiger partial charge in [-0.3, -0.25) is 5.32 Å². The Balaban J connectivity index is 2.63. The lowest BCUT2D eigenvalue weighted by Crippen LogP contribution is -2.62. The van der Waals surface area contributed by atoms with Crippen LogP contribution in [0.5, 0.6) is 0 Å². The number of ether oxygens (including phenoxy) is 1. The third-order valence-corrected chi connectivity index (χ3v) is 2.30. The Hall–Kier alpha value is -0.240. The van der Waals surface area contributed by atoms with Crippen molar-refractivity contribution in [2.24, 2.45) is 0 Å². The lowest BCUT2D eigenvalue weighted by molar-refractivity contribution is -0.236. The standard InChI is InChI=1S/C8H17NO5/c1-2-9-8-7(13)6(12)5(11)4(3-10)14-8/h4-13H,2-3H2,1H3/t4-,5-,6+,7-,8-/m1/s1. The minimum atomic E-state index is -1.30. The zero-order valence-corrected chi connectivity index (χ0v) is 8.00. The first-order valence-corrected chi connectivity index (χ1v) is 4.65. The third-order valence-electron chi connectivity index (χ3n) is 2.30. The Bertz CT molecular complexity index is 175. The molecule has 0 aromatic rings. The van der Waals surface area contributed by atoms with E-state index in [4.69, 9.17) is 9.84 Å². The van der Waals surface area contributed by atoms with Crippen molar-refractivity contribution >= 4 is 0 Å². The minimum Gasteiger partial charge on any atom is -0.394 e. The fourth-order valence-electron chi connectivity index (χ4n) is 1.47. The second kappa shape index (κ2) is 5.01. The summed E-state index contributed by atoms with van der Waals surface area (Å²) >= 11 is 0. The van der Waals surface area contributed by atoms with E-state index >= 15 is 0 Å². The molecule has 84 valence electrons. The van der Waals surface area contributed by atoms with Gasteiger partial charge in [0.15, 0.2) is 0 Å². The zero-order valence-electron chi connectivity index (χ0n) is 8.00. The zero-order chi connectivity index (χ0) is 10.7. The summed E-state index contributed by atoms with van der Waals surface area (Å²) in [7, 11) is 0. The number of aliphatic hydroxyl groups excluding tert-OH is 4. The average molecular weight is 207 g/mol. The molecule has 0 aliphatic carbocycles. The van der Waals surface area contributed by atoms with Gasteiger partial charge in [0.25, 0.3) is 0 Å². The minimum absolute atomic E-state index is 0.396. The summed E-state index contributed by atoms with van der Waals surface area (Å²) in [5, 5.41) is 39.9. The molecule has 0 saturated carbocycles. The van der Waals surface area contributed by atoms with Gasteiger partial charge in [-0.05, 0) is 6.54 Å². The summed E-state index contributed by atoms with van der Waals surface area (Å²) in [6.07, 6.45) is -5.37. The van der Waals surface area contributed by atoms with Crippen LogP contribution in [-0.2, 0) is 4.74 Å². The van der Waals surface area contributed by atoms with Crippen LogP contribution >= 0.6 is 0 Å². The van der Waals surface area contributed by atoms with Crippen LogP contribution < -0.4 is 5.32 Å². The van der Waals surface area contributed by atoms with Crippen LogP contribution in [0.2, 0.25) is 0 Å². The topological polar surface area (TPSA) is 102 Å². The summed E-state index contributed by atoms with van der Waals surface area (Å²) in [5.74, 6) is 0. The number of nitrogens with one attached hydrogen (secondary N) is 1. The van der Waals surface area contributed by atoms with Crippen LogP contribution in [0.4, 0.5) is 0 Å². The van der Waals surface area contributed by atoms with Crippen molar-refractivity contribution < 1.29 is 25.2 Å². The summed E-state index contributed by atoms with van der Waals surface area (Å²) in [4.78, 5) is 0. The molecular formula is C8H17NO5. The molecular weight excluding hydrogens is 190 g/mol. The van der Waals surface area contributed by atoms with Gasteiger partial charge in [-0.15, -0.1) is 0 Å². The van der Waals surface area contributed by atoms with Crippen LogP contribution in [0.1, 0.15) is 6.92 Å². The maximum absolute atomic E-state index is 9.47. The van der Waals surface area contributed by atoms with Gasteiger partial charge in [0.2, 0.25) is 0 Å². The monoisotopic (exact) mass is 207 g/mol. The first kappa shape index (κ1) is 11.8. The van der Waals surface area contributed by atoms with E-state index in [1.807, 2.05) is 6.92 Å². The molecule has 1 aliphatic rings. The quantitative estimate of drug-likeness (QED) is 0.348. The lowest BCUT2D eigenvalue weighted by atomic mass is 9.98. The van der Waals surface area contributed by atoms with Crippen LogP contribution in [-0.4, -0.2) is 64.2 Å². The number of aliphatic hydroxyl groups is 4. The highest BCUT2D eigenvalue weighted by molar-refractivity contribution is 4.90. The third kappa shape index (κ3) is 2.22. The van der Waals surface area contributed by atoms with E-state index in [1.54, 1.807) is 0 Å². The van der Waals surface area contributed by atoms with E-state index in [2.05, 4.69) is 5.32 Å². The molecule has 0 aromatic carbocycles. The maximum Gasteiger partial charge on any atom is 0.137 e. The van der Waals surface area contributed by atoms with Gasteiger partial charge in [-0.2, -0.15) is 0 Å². The highest BCUT2D eigenvalue weighted by Gasteiger charge is 2.42. The molecule has 0 aromatic heterocycles. The fourth-order valence-corrected chi connectivity index (χ4v) is 1.47.